The zero-order valence-electron chi connectivity index (χ0n) is 41.5. The lowest BCUT2D eigenvalue weighted by Gasteiger charge is -2.26. The number of primary amides is 1. The standard InChI is InChI=1S/C50H70ClN13O10/c1-28(66)60-38(17-9-21-58-50(55)56)46(72)62-39-19-18-33(67)12-3-6-16-37(44(52)70)61-45(71)31(22-32-26-59-36-15-7-4-13-34(32)36)25-42(68)30(11-8-20-57-49(53)54)24-43(69)40(23-29-10-2-5-14-35(29)51)63-48(74)41(27-65)64-47(39)73/h2,4-5,7,10,13-15,26,30-31,37-41,59,65H,3,6,8-9,11-12,16-25,27H2,1H3,(H2,52,70)(H,60,66)(H,61,71)(H,62,72)(H,63,74)(H,64,73)(H4,53,54,57)(H4,55,56,58)/t30-,31-,37+,38+,39+,40-,41+/m1/s1. The zero-order valence-corrected chi connectivity index (χ0v) is 42.3. The van der Waals surface area contributed by atoms with Gasteiger partial charge in [0, 0.05) is 86.1 Å². The summed E-state index contributed by atoms with van der Waals surface area (Å²) in [5, 5.41) is 24.5. The van der Waals surface area contributed by atoms with Crippen LogP contribution in [-0.2, 0) is 56.0 Å². The number of carbonyl (C=O) groups excluding carboxylic acids is 9. The van der Waals surface area contributed by atoms with Gasteiger partial charge in [0.25, 0.3) is 0 Å². The van der Waals surface area contributed by atoms with Crippen LogP contribution in [0.15, 0.2) is 64.7 Å². The van der Waals surface area contributed by atoms with Crippen LogP contribution in [0.5, 0.6) is 0 Å². The summed E-state index contributed by atoms with van der Waals surface area (Å²) in [5.74, 6) is -8.83. The van der Waals surface area contributed by atoms with Crippen LogP contribution in [0, 0.1) is 11.8 Å². The van der Waals surface area contributed by atoms with Crippen LogP contribution in [0.4, 0.5) is 0 Å². The number of aromatic amines is 1. The summed E-state index contributed by atoms with van der Waals surface area (Å²) in [6.45, 7) is 0.420. The normalized spacial score (nSPS) is 21.6. The lowest BCUT2D eigenvalue weighted by atomic mass is 9.83. The lowest BCUT2D eigenvalue weighted by molar-refractivity contribution is -0.136. The summed E-state index contributed by atoms with van der Waals surface area (Å²) >= 11 is 6.55. The first kappa shape index (κ1) is 59.2. The Labute approximate surface area is 433 Å². The highest BCUT2D eigenvalue weighted by atomic mass is 35.5. The van der Waals surface area contributed by atoms with Crippen LogP contribution >= 0.6 is 11.6 Å². The number of fused-ring (bicyclic) bond motifs is 1. The number of nitrogens with one attached hydrogen (secondary N) is 6. The fourth-order valence-corrected chi connectivity index (χ4v) is 8.86. The van der Waals surface area contributed by atoms with Crippen molar-refractivity contribution in [3.05, 3.63) is 70.9 Å². The first-order valence-electron chi connectivity index (χ1n) is 24.6. The van der Waals surface area contributed by atoms with Crippen molar-refractivity contribution in [1.29, 1.82) is 0 Å². The Bertz CT molecular complexity index is 2530. The SMILES string of the molecule is CC(=O)N[C@@H](CCCN=C(N)N)C(=O)N[C@H]1CCC(=O)CCCC[C@@H](C(N)=O)NC(=O)[C@H](Cc2c[nH]c3ccccc23)CC(=O)[C@H](CCCN=C(N)N)CC(=O)[C@@H](Cc2ccccc2Cl)NC(=O)[C@H](CO)NC1=O. The summed E-state index contributed by atoms with van der Waals surface area (Å²) < 4.78 is 0. The van der Waals surface area contributed by atoms with E-state index in [0.717, 1.165) is 10.9 Å². The molecule has 7 atom stereocenters. The number of H-pyrrole nitrogens is 1. The van der Waals surface area contributed by atoms with E-state index in [4.69, 9.17) is 40.3 Å². The number of aliphatic hydroxyl groups is 1. The number of halogens is 1. The highest BCUT2D eigenvalue weighted by Crippen LogP contribution is 2.27. The summed E-state index contributed by atoms with van der Waals surface area (Å²) in [6, 6.07) is 6.93. The zero-order chi connectivity index (χ0) is 54.3. The van der Waals surface area contributed by atoms with Gasteiger partial charge in [-0.25, -0.2) is 0 Å². The van der Waals surface area contributed by atoms with Crippen molar-refractivity contribution < 1.29 is 48.3 Å². The Morgan fingerprint density at radius 3 is 2.08 bits per heavy atom. The molecule has 23 nitrogen and oxygen atoms in total. The van der Waals surface area contributed by atoms with Crippen molar-refractivity contribution in [3.8, 4) is 0 Å². The smallest absolute Gasteiger partial charge is 0.245 e. The molecule has 0 saturated carbocycles. The van der Waals surface area contributed by atoms with E-state index < -0.39 is 102 Å². The Balaban J connectivity index is 1.75. The van der Waals surface area contributed by atoms with Crippen LogP contribution in [0.25, 0.3) is 10.9 Å². The molecule has 402 valence electrons. The molecule has 1 aliphatic heterocycles. The first-order valence-corrected chi connectivity index (χ1v) is 25.0. The molecule has 1 fully saturated rings. The number of ketones is 3. The largest absolute Gasteiger partial charge is 0.394 e. The molecule has 2 aromatic carbocycles. The molecule has 3 aromatic rings. The number of carbonyl (C=O) groups is 9. The summed E-state index contributed by atoms with van der Waals surface area (Å²) in [5.41, 5.74) is 29.7. The second-order valence-corrected chi connectivity index (χ2v) is 18.8. The van der Waals surface area contributed by atoms with Crippen LogP contribution in [-0.4, -0.2) is 125 Å². The third kappa shape index (κ3) is 19.6. The number of aromatic nitrogens is 1. The van der Waals surface area contributed by atoms with Gasteiger partial charge in [-0.2, -0.15) is 0 Å². The Kier molecular flexibility index (Phi) is 23.9. The molecule has 0 bridgehead atoms. The van der Waals surface area contributed by atoms with Crippen molar-refractivity contribution in [2.75, 3.05) is 19.7 Å². The van der Waals surface area contributed by atoms with Crippen molar-refractivity contribution in [2.45, 2.75) is 127 Å². The van der Waals surface area contributed by atoms with Gasteiger partial charge in [0.15, 0.2) is 17.7 Å². The van der Waals surface area contributed by atoms with Gasteiger partial charge in [-0.1, -0.05) is 54.4 Å². The van der Waals surface area contributed by atoms with Gasteiger partial charge in [0.1, 0.15) is 35.7 Å². The van der Waals surface area contributed by atoms with E-state index >= 15 is 0 Å². The fraction of sp³-hybridized carbons (Fsp3) is 0.500. The lowest BCUT2D eigenvalue weighted by Crippen LogP contribution is -2.58. The minimum Gasteiger partial charge on any atom is -0.394 e. The summed E-state index contributed by atoms with van der Waals surface area (Å²) in [7, 11) is 0. The quantitative estimate of drug-likeness (QED) is 0.0470. The number of amides is 6. The molecule has 17 N–H and O–H groups in total. The highest BCUT2D eigenvalue weighted by Gasteiger charge is 2.35. The van der Waals surface area contributed by atoms with E-state index in [-0.39, 0.29) is 119 Å². The molecule has 1 aromatic heterocycles. The van der Waals surface area contributed by atoms with Crippen LogP contribution in [0.1, 0.15) is 95.1 Å². The molecular weight excluding hydrogens is 978 g/mol. The number of hydrogen-bond donors (Lipinski definition) is 12. The van der Waals surface area contributed by atoms with Crippen LogP contribution < -0.4 is 55.3 Å². The molecule has 0 radical (unpaired) electrons. The number of hydrogen-bond acceptors (Lipinski definition) is 12. The molecule has 4 rings (SSSR count). The Hall–Kier alpha value is -7.40. The first-order chi connectivity index (χ1) is 35.3. The second kappa shape index (κ2) is 30.0. The molecule has 2 heterocycles. The molecule has 1 aliphatic rings. The van der Waals surface area contributed by atoms with Gasteiger partial charge in [-0.05, 0) is 74.6 Å². The number of nitrogens with two attached hydrogens (primary N) is 5. The van der Waals surface area contributed by atoms with E-state index in [1.165, 1.54) is 6.92 Å². The van der Waals surface area contributed by atoms with E-state index in [0.29, 0.717) is 11.1 Å². The number of aliphatic imine (C=N–C) groups is 2. The molecular formula is C50H70ClN13O10. The molecule has 0 aliphatic carbocycles. The third-order valence-electron chi connectivity index (χ3n) is 12.6. The van der Waals surface area contributed by atoms with Gasteiger partial charge in [0.05, 0.1) is 12.6 Å². The van der Waals surface area contributed by atoms with Crippen molar-refractivity contribution in [1.82, 2.24) is 31.6 Å². The predicted octanol–water partition coefficient (Wildman–Crippen LogP) is -0.291. The maximum atomic E-state index is 14.7. The number of para-hydroxylation sites is 1. The molecule has 24 heteroatoms. The van der Waals surface area contributed by atoms with Crippen LogP contribution in [0.3, 0.4) is 0 Å². The Morgan fingerprint density at radius 1 is 0.743 bits per heavy atom. The molecule has 6 amide bonds. The number of Topliss-reactive ketones (excluding diaryl/α,β-unsaturated/α-hetero) is 3. The molecule has 74 heavy (non-hydrogen) atoms. The average Bonchev–Trinajstić information content (AvgIpc) is 3.76. The van der Waals surface area contributed by atoms with Gasteiger partial charge < -0.3 is 65.3 Å². The molecule has 0 unspecified atom stereocenters. The van der Waals surface area contributed by atoms with Crippen molar-refractivity contribution in [2.24, 2.45) is 50.5 Å². The molecule has 0 spiro atoms. The number of rotatable bonds is 17. The van der Waals surface area contributed by atoms with Gasteiger partial charge in [-0.15, -0.1) is 0 Å². The number of guanidine groups is 2. The van der Waals surface area contributed by atoms with Crippen molar-refractivity contribution >= 4 is 87.2 Å². The van der Waals surface area contributed by atoms with Crippen molar-refractivity contribution in [3.63, 3.8) is 0 Å². The van der Waals surface area contributed by atoms with E-state index in [9.17, 15) is 48.3 Å². The monoisotopic (exact) mass is 1050 g/mol. The average molecular weight is 1050 g/mol. The summed E-state index contributed by atoms with van der Waals surface area (Å²) in [4.78, 5) is 135. The second-order valence-electron chi connectivity index (χ2n) is 18.4. The van der Waals surface area contributed by atoms with Gasteiger partial charge in [-0.3, -0.25) is 53.1 Å². The minimum atomic E-state index is -1.72. The fourth-order valence-electron chi connectivity index (χ4n) is 8.64. The maximum absolute atomic E-state index is 14.7. The van der Waals surface area contributed by atoms with Gasteiger partial charge in [0.2, 0.25) is 35.4 Å². The van der Waals surface area contributed by atoms with Crippen LogP contribution in [0.2, 0.25) is 5.02 Å². The molecule has 1 saturated heterocycles. The topological polar surface area (TPSA) is 405 Å². The number of nitrogens with zero attached hydrogens (tertiary/aromatic N) is 2. The minimum absolute atomic E-state index is 0.0359. The predicted molar refractivity (Wildman–Crippen MR) is 278 cm³/mol. The van der Waals surface area contributed by atoms with E-state index in [2.05, 4.69) is 41.6 Å². The summed E-state index contributed by atoms with van der Waals surface area (Å²) in [6.07, 6.45) is 1.25. The third-order valence-corrected chi connectivity index (χ3v) is 13.0. The van der Waals surface area contributed by atoms with E-state index in [1.54, 1.807) is 30.5 Å². The van der Waals surface area contributed by atoms with Gasteiger partial charge >= 0.3 is 0 Å². The highest BCUT2D eigenvalue weighted by molar-refractivity contribution is 6.31. The van der Waals surface area contributed by atoms with E-state index in [1.807, 2.05) is 24.3 Å². The number of benzene rings is 2. The number of aliphatic hydroxyl groups excluding tert-OH is 1. The maximum Gasteiger partial charge on any atom is 0.245 e. The Morgan fingerprint density at radius 2 is 1.41 bits per heavy atom.